The fraction of sp³-hybridized carbons (Fsp3) is 0.600. The number of aliphatic hydroxyl groups is 1. The molecule has 1 aromatic rings. The number of anilines is 2. The third-order valence-electron chi connectivity index (χ3n) is 1.88. The van der Waals surface area contributed by atoms with Crippen LogP contribution in [0.1, 0.15) is 6.92 Å². The monoisotopic (exact) mass is 258 g/mol. The molecular weight excluding hydrogens is 240 g/mol. The van der Waals surface area contributed by atoms with Crippen LogP contribution in [0.25, 0.3) is 0 Å². The Bertz CT molecular complexity index is 375. The minimum atomic E-state index is -0.0307. The zero-order valence-corrected chi connectivity index (χ0v) is 10.3. The molecule has 0 radical (unpaired) electrons. The van der Waals surface area contributed by atoms with Crippen molar-refractivity contribution in [1.82, 2.24) is 9.97 Å². The summed E-state index contributed by atoms with van der Waals surface area (Å²) in [6.07, 6.45) is 0. The second-order valence-electron chi connectivity index (χ2n) is 3.22. The van der Waals surface area contributed by atoms with Crippen molar-refractivity contribution >= 4 is 11.6 Å². The number of nitrogens with two attached hydrogens (primary N) is 2. The summed E-state index contributed by atoms with van der Waals surface area (Å²) < 4.78 is 15.5. The van der Waals surface area contributed by atoms with Crippen molar-refractivity contribution in [2.75, 3.05) is 44.5 Å². The molecule has 0 saturated carbocycles. The van der Waals surface area contributed by atoms with Crippen LogP contribution in [0.4, 0.5) is 11.6 Å². The first kappa shape index (κ1) is 14.3. The lowest BCUT2D eigenvalue weighted by Gasteiger charge is -2.11. The molecule has 5 N–H and O–H groups in total. The summed E-state index contributed by atoms with van der Waals surface area (Å²) in [6.45, 7) is 3.01. The van der Waals surface area contributed by atoms with Gasteiger partial charge >= 0.3 is 0 Å². The second kappa shape index (κ2) is 7.51. The quantitative estimate of drug-likeness (QED) is 0.529. The van der Waals surface area contributed by atoms with Crippen LogP contribution in [0.2, 0.25) is 0 Å². The zero-order valence-electron chi connectivity index (χ0n) is 10.3. The molecule has 0 saturated heterocycles. The van der Waals surface area contributed by atoms with Crippen molar-refractivity contribution in [2.45, 2.75) is 6.92 Å². The molecule has 8 nitrogen and oxygen atoms in total. The highest BCUT2D eigenvalue weighted by Crippen LogP contribution is 2.28. The lowest BCUT2D eigenvalue weighted by Crippen LogP contribution is -2.12. The Balaban J connectivity index is 2.58. The highest BCUT2D eigenvalue weighted by atomic mass is 16.5. The van der Waals surface area contributed by atoms with Gasteiger partial charge < -0.3 is 30.8 Å². The third-order valence-corrected chi connectivity index (χ3v) is 1.88. The van der Waals surface area contributed by atoms with Gasteiger partial charge in [-0.3, -0.25) is 0 Å². The minimum absolute atomic E-state index is 0.0268. The molecule has 0 aliphatic heterocycles. The average Bonchev–Trinajstić information content (AvgIpc) is 2.34. The lowest BCUT2D eigenvalue weighted by atomic mass is 10.5. The molecule has 18 heavy (non-hydrogen) atoms. The molecule has 0 aromatic carbocycles. The number of aliphatic hydroxyl groups excluding tert-OH is 1. The summed E-state index contributed by atoms with van der Waals surface area (Å²) in [6, 6.07) is 0. The lowest BCUT2D eigenvalue weighted by molar-refractivity contribution is 0.0696. The van der Waals surface area contributed by atoms with Gasteiger partial charge in [-0.25, -0.2) is 0 Å². The molecule has 0 aliphatic carbocycles. The highest BCUT2D eigenvalue weighted by molar-refractivity contribution is 5.58. The maximum Gasteiger partial charge on any atom is 0.246 e. The number of ether oxygens (including phenoxy) is 3. The van der Waals surface area contributed by atoms with Gasteiger partial charge in [0.05, 0.1) is 26.4 Å². The van der Waals surface area contributed by atoms with Gasteiger partial charge in [-0.05, 0) is 6.92 Å². The zero-order chi connectivity index (χ0) is 13.4. The number of rotatable bonds is 8. The van der Waals surface area contributed by atoms with Crippen LogP contribution in [0.5, 0.6) is 11.8 Å². The van der Waals surface area contributed by atoms with Gasteiger partial charge in [0.2, 0.25) is 17.7 Å². The normalized spacial score (nSPS) is 10.3. The molecule has 0 atom stereocenters. The van der Waals surface area contributed by atoms with E-state index in [2.05, 4.69) is 9.97 Å². The summed E-state index contributed by atoms with van der Waals surface area (Å²) in [7, 11) is 0. The Morgan fingerprint density at radius 3 is 2.33 bits per heavy atom. The van der Waals surface area contributed by atoms with Gasteiger partial charge in [-0.15, -0.1) is 0 Å². The van der Waals surface area contributed by atoms with Gasteiger partial charge in [0, 0.05) is 0 Å². The predicted molar refractivity (Wildman–Crippen MR) is 65.4 cm³/mol. The molecule has 102 valence electrons. The van der Waals surface area contributed by atoms with Crippen LogP contribution < -0.4 is 20.9 Å². The summed E-state index contributed by atoms with van der Waals surface area (Å²) in [5.41, 5.74) is 11.5. The first-order valence-corrected chi connectivity index (χ1v) is 5.56. The van der Waals surface area contributed by atoms with Crippen molar-refractivity contribution < 1.29 is 19.3 Å². The average molecular weight is 258 g/mol. The van der Waals surface area contributed by atoms with Crippen LogP contribution >= 0.6 is 0 Å². The molecule has 1 heterocycles. The Morgan fingerprint density at radius 1 is 1.06 bits per heavy atom. The van der Waals surface area contributed by atoms with E-state index >= 15 is 0 Å². The van der Waals surface area contributed by atoms with E-state index in [0.29, 0.717) is 13.2 Å². The van der Waals surface area contributed by atoms with E-state index in [1.807, 2.05) is 0 Å². The van der Waals surface area contributed by atoms with Crippen LogP contribution in [-0.2, 0) is 4.74 Å². The van der Waals surface area contributed by atoms with E-state index < -0.39 is 0 Å². The number of nitrogens with zero attached hydrogens (tertiary/aromatic N) is 2. The van der Waals surface area contributed by atoms with Crippen LogP contribution in [-0.4, -0.2) is 48.1 Å². The van der Waals surface area contributed by atoms with Crippen molar-refractivity contribution in [3.05, 3.63) is 0 Å². The van der Waals surface area contributed by atoms with Crippen molar-refractivity contribution in [3.8, 4) is 11.8 Å². The third kappa shape index (κ3) is 4.22. The Morgan fingerprint density at radius 2 is 1.72 bits per heavy atom. The Hall–Kier alpha value is -1.80. The Labute approximate surface area is 105 Å². The van der Waals surface area contributed by atoms with E-state index in [0.717, 1.165) is 0 Å². The highest BCUT2D eigenvalue weighted by Gasteiger charge is 2.12. The summed E-state index contributed by atoms with van der Waals surface area (Å²) in [5.74, 6) is 0.397. The van der Waals surface area contributed by atoms with E-state index in [1.54, 1.807) is 6.92 Å². The Kier molecular flexibility index (Phi) is 5.95. The number of aromatic nitrogens is 2. The molecule has 0 unspecified atom stereocenters. The van der Waals surface area contributed by atoms with Crippen molar-refractivity contribution in [3.63, 3.8) is 0 Å². The van der Waals surface area contributed by atoms with E-state index in [9.17, 15) is 0 Å². The molecule has 1 rings (SSSR count). The van der Waals surface area contributed by atoms with E-state index in [-0.39, 0.29) is 43.2 Å². The molecule has 0 fully saturated rings. The van der Waals surface area contributed by atoms with Crippen molar-refractivity contribution in [2.24, 2.45) is 0 Å². The van der Waals surface area contributed by atoms with Crippen LogP contribution in [0.15, 0.2) is 0 Å². The molecule has 1 aromatic heterocycles. The molecule has 0 spiro atoms. The fourth-order valence-electron chi connectivity index (χ4n) is 1.17. The summed E-state index contributed by atoms with van der Waals surface area (Å²) >= 11 is 0. The van der Waals surface area contributed by atoms with Gasteiger partial charge in [-0.1, -0.05) is 0 Å². The van der Waals surface area contributed by atoms with Gasteiger partial charge in [0.25, 0.3) is 0 Å². The summed E-state index contributed by atoms with van der Waals surface area (Å²) in [4.78, 5) is 7.72. The molecule has 8 heteroatoms. The molecular formula is C10H18N4O4. The number of hydrogen-bond acceptors (Lipinski definition) is 8. The van der Waals surface area contributed by atoms with E-state index in [1.165, 1.54) is 0 Å². The fourth-order valence-corrected chi connectivity index (χ4v) is 1.17. The first-order chi connectivity index (χ1) is 8.69. The minimum Gasteiger partial charge on any atom is -0.476 e. The first-order valence-electron chi connectivity index (χ1n) is 5.56. The molecule has 0 amide bonds. The number of hydrogen-bond donors (Lipinski definition) is 3. The van der Waals surface area contributed by atoms with Gasteiger partial charge in [0.1, 0.15) is 6.61 Å². The van der Waals surface area contributed by atoms with E-state index in [4.69, 9.17) is 30.8 Å². The molecule has 0 aliphatic rings. The van der Waals surface area contributed by atoms with Gasteiger partial charge in [0.15, 0.2) is 5.69 Å². The topological polar surface area (TPSA) is 126 Å². The SMILES string of the molecule is CCOc1nc(N)nc(OCCOCCO)c1N. The second-order valence-corrected chi connectivity index (χ2v) is 3.22. The standard InChI is InChI=1S/C10H18N4O4/c1-2-17-8-7(11)9(14-10(12)13-8)18-6-5-16-4-3-15/h15H,2-6,11H2,1H3,(H2,12,13,14). The van der Waals surface area contributed by atoms with Crippen LogP contribution in [0.3, 0.4) is 0 Å². The largest absolute Gasteiger partial charge is 0.476 e. The number of nitrogen functional groups attached to an aromatic ring is 2. The predicted octanol–water partition coefficient (Wildman–Crippen LogP) is -0.573. The van der Waals surface area contributed by atoms with Crippen molar-refractivity contribution in [1.29, 1.82) is 0 Å². The maximum absolute atomic E-state index is 8.52. The van der Waals surface area contributed by atoms with Gasteiger partial charge in [-0.2, -0.15) is 9.97 Å². The summed E-state index contributed by atoms with van der Waals surface area (Å²) in [5, 5.41) is 8.52. The van der Waals surface area contributed by atoms with Crippen LogP contribution in [0, 0.1) is 0 Å². The smallest absolute Gasteiger partial charge is 0.246 e. The molecule has 0 bridgehead atoms. The maximum atomic E-state index is 8.52.